The predicted molar refractivity (Wildman–Crippen MR) is 68.1 cm³/mol. The fraction of sp³-hybridized carbons (Fsp3) is 0.643. The first-order valence-corrected chi connectivity index (χ1v) is 7.15. The van der Waals surface area contributed by atoms with Gasteiger partial charge in [0.2, 0.25) is 0 Å². The monoisotopic (exact) mass is 305 g/mol. The SMILES string of the molecule is OC(c1ccc(C(F)(F)F)nc1Cl)C1CC2CCC1C2. The normalized spacial score (nSPS) is 30.8. The Morgan fingerprint density at radius 2 is 2.00 bits per heavy atom. The minimum Gasteiger partial charge on any atom is -0.388 e. The van der Waals surface area contributed by atoms with Gasteiger partial charge in [0.1, 0.15) is 10.8 Å². The molecule has 1 aromatic rings. The Morgan fingerprint density at radius 3 is 2.50 bits per heavy atom. The largest absolute Gasteiger partial charge is 0.433 e. The molecule has 0 aromatic carbocycles. The van der Waals surface area contributed by atoms with Gasteiger partial charge < -0.3 is 5.11 Å². The summed E-state index contributed by atoms with van der Waals surface area (Å²) >= 11 is 5.84. The summed E-state index contributed by atoms with van der Waals surface area (Å²) in [6.07, 6.45) is -0.978. The van der Waals surface area contributed by atoms with Crippen LogP contribution >= 0.6 is 11.6 Å². The van der Waals surface area contributed by atoms with Crippen LogP contribution in [0.25, 0.3) is 0 Å². The highest BCUT2D eigenvalue weighted by Gasteiger charge is 2.44. The van der Waals surface area contributed by atoms with Gasteiger partial charge in [-0.25, -0.2) is 4.98 Å². The highest BCUT2D eigenvalue weighted by atomic mass is 35.5. The molecule has 2 aliphatic carbocycles. The lowest BCUT2D eigenvalue weighted by atomic mass is 9.82. The maximum Gasteiger partial charge on any atom is 0.433 e. The number of alkyl halides is 3. The van der Waals surface area contributed by atoms with Crippen molar-refractivity contribution in [2.24, 2.45) is 17.8 Å². The van der Waals surface area contributed by atoms with E-state index < -0.39 is 18.0 Å². The van der Waals surface area contributed by atoms with Gasteiger partial charge >= 0.3 is 6.18 Å². The van der Waals surface area contributed by atoms with Crippen LogP contribution in [0.2, 0.25) is 5.15 Å². The molecule has 1 aromatic heterocycles. The van der Waals surface area contributed by atoms with Crippen LogP contribution in [-0.4, -0.2) is 10.1 Å². The first kappa shape index (κ1) is 14.1. The van der Waals surface area contributed by atoms with Crippen molar-refractivity contribution in [3.63, 3.8) is 0 Å². The number of aromatic nitrogens is 1. The molecule has 2 nitrogen and oxygen atoms in total. The summed E-state index contributed by atoms with van der Waals surface area (Å²) in [5.74, 6) is 1.22. The molecule has 2 bridgehead atoms. The standard InChI is InChI=1S/C14H15ClF3NO/c15-13-9(3-4-11(19-13)14(16,17)18)12(20)10-6-7-1-2-8(10)5-7/h3-4,7-8,10,12,20H,1-2,5-6H2. The van der Waals surface area contributed by atoms with Crippen molar-refractivity contribution in [3.05, 3.63) is 28.5 Å². The van der Waals surface area contributed by atoms with Crippen molar-refractivity contribution >= 4 is 11.6 Å². The van der Waals surface area contributed by atoms with E-state index in [-0.39, 0.29) is 11.1 Å². The summed E-state index contributed by atoms with van der Waals surface area (Å²) in [7, 11) is 0. The maximum atomic E-state index is 12.5. The van der Waals surface area contributed by atoms with Crippen molar-refractivity contribution in [1.29, 1.82) is 0 Å². The zero-order valence-corrected chi connectivity index (χ0v) is 11.5. The quantitative estimate of drug-likeness (QED) is 0.830. The molecule has 20 heavy (non-hydrogen) atoms. The number of rotatable bonds is 2. The Hall–Kier alpha value is -0.810. The van der Waals surface area contributed by atoms with E-state index in [1.165, 1.54) is 12.5 Å². The smallest absolute Gasteiger partial charge is 0.388 e. The van der Waals surface area contributed by atoms with Gasteiger partial charge in [0.25, 0.3) is 0 Å². The van der Waals surface area contributed by atoms with Crippen LogP contribution in [0.15, 0.2) is 12.1 Å². The third-order valence-corrected chi connectivity index (χ3v) is 4.99. The molecule has 0 radical (unpaired) electrons. The second-order valence-corrected chi connectivity index (χ2v) is 6.22. The van der Waals surface area contributed by atoms with Crippen LogP contribution in [0.4, 0.5) is 13.2 Å². The van der Waals surface area contributed by atoms with E-state index in [0.717, 1.165) is 25.3 Å². The average molecular weight is 306 g/mol. The molecule has 3 rings (SSSR count). The van der Waals surface area contributed by atoms with E-state index in [9.17, 15) is 18.3 Å². The van der Waals surface area contributed by atoms with Gasteiger partial charge in [-0.2, -0.15) is 13.2 Å². The summed E-state index contributed by atoms with van der Waals surface area (Å²) in [6.45, 7) is 0. The Bertz CT molecular complexity index is 520. The highest BCUT2D eigenvalue weighted by Crippen LogP contribution is 2.53. The molecule has 0 aliphatic heterocycles. The molecule has 0 saturated heterocycles. The van der Waals surface area contributed by atoms with Crippen LogP contribution in [0.1, 0.15) is 43.0 Å². The van der Waals surface area contributed by atoms with Crippen LogP contribution in [-0.2, 0) is 6.18 Å². The van der Waals surface area contributed by atoms with Crippen LogP contribution < -0.4 is 0 Å². The van der Waals surface area contributed by atoms with Crippen LogP contribution in [0.5, 0.6) is 0 Å². The molecular weight excluding hydrogens is 291 g/mol. The van der Waals surface area contributed by atoms with Crippen molar-refractivity contribution < 1.29 is 18.3 Å². The molecule has 0 amide bonds. The Kier molecular flexibility index (Phi) is 3.45. The lowest BCUT2D eigenvalue weighted by Crippen LogP contribution is -2.20. The molecule has 2 fully saturated rings. The van der Waals surface area contributed by atoms with Crippen LogP contribution in [0.3, 0.4) is 0 Å². The van der Waals surface area contributed by atoms with Crippen molar-refractivity contribution in [3.8, 4) is 0 Å². The van der Waals surface area contributed by atoms with E-state index in [1.807, 2.05) is 0 Å². The molecule has 110 valence electrons. The number of fused-ring (bicyclic) bond motifs is 2. The zero-order chi connectivity index (χ0) is 14.5. The maximum absolute atomic E-state index is 12.5. The Balaban J connectivity index is 1.83. The van der Waals surface area contributed by atoms with Crippen molar-refractivity contribution in [2.75, 3.05) is 0 Å². The van der Waals surface area contributed by atoms with Gasteiger partial charge in [0.05, 0.1) is 6.10 Å². The molecule has 0 spiro atoms. The summed E-state index contributed by atoms with van der Waals surface area (Å²) in [4.78, 5) is 3.38. The molecule has 2 saturated carbocycles. The van der Waals surface area contributed by atoms with E-state index in [4.69, 9.17) is 11.6 Å². The second kappa shape index (κ2) is 4.88. The van der Waals surface area contributed by atoms with Gasteiger partial charge in [-0.05, 0) is 43.1 Å². The fourth-order valence-corrected chi connectivity index (χ4v) is 4.00. The number of halogens is 4. The molecule has 2 aliphatic rings. The minimum absolute atomic E-state index is 0.102. The summed E-state index contributed by atoms with van der Waals surface area (Å²) in [6, 6.07) is 2.15. The Labute approximate surface area is 120 Å². The highest BCUT2D eigenvalue weighted by molar-refractivity contribution is 6.30. The third-order valence-electron chi connectivity index (χ3n) is 4.68. The molecule has 4 unspecified atom stereocenters. The molecular formula is C14H15ClF3NO. The molecule has 6 heteroatoms. The number of aliphatic hydroxyl groups excluding tert-OH is 1. The number of pyridine rings is 1. The number of aliphatic hydroxyl groups is 1. The minimum atomic E-state index is -4.51. The summed E-state index contributed by atoms with van der Waals surface area (Å²) < 4.78 is 37.6. The van der Waals surface area contributed by atoms with Gasteiger partial charge in [0, 0.05) is 5.56 Å². The van der Waals surface area contributed by atoms with Gasteiger partial charge in [-0.15, -0.1) is 0 Å². The number of hydrogen-bond donors (Lipinski definition) is 1. The van der Waals surface area contributed by atoms with E-state index in [1.54, 1.807) is 0 Å². The van der Waals surface area contributed by atoms with Crippen molar-refractivity contribution in [1.82, 2.24) is 4.98 Å². The molecule has 1 heterocycles. The average Bonchev–Trinajstić information content (AvgIpc) is 2.99. The fourth-order valence-electron chi connectivity index (χ4n) is 3.73. The van der Waals surface area contributed by atoms with E-state index in [2.05, 4.69) is 4.98 Å². The topological polar surface area (TPSA) is 33.1 Å². The van der Waals surface area contributed by atoms with E-state index in [0.29, 0.717) is 17.4 Å². The second-order valence-electron chi connectivity index (χ2n) is 5.86. The lowest BCUT2D eigenvalue weighted by Gasteiger charge is -2.27. The number of hydrogen-bond acceptors (Lipinski definition) is 2. The number of nitrogens with zero attached hydrogens (tertiary/aromatic N) is 1. The van der Waals surface area contributed by atoms with Crippen LogP contribution in [0, 0.1) is 17.8 Å². The molecule has 1 N–H and O–H groups in total. The van der Waals surface area contributed by atoms with E-state index >= 15 is 0 Å². The van der Waals surface area contributed by atoms with Crippen molar-refractivity contribution in [2.45, 2.75) is 38.0 Å². The Morgan fingerprint density at radius 1 is 1.25 bits per heavy atom. The predicted octanol–water partition coefficient (Wildman–Crippen LogP) is 4.22. The first-order chi connectivity index (χ1) is 9.36. The van der Waals surface area contributed by atoms with Gasteiger partial charge in [-0.1, -0.05) is 24.1 Å². The van der Waals surface area contributed by atoms with Gasteiger partial charge in [-0.3, -0.25) is 0 Å². The summed E-state index contributed by atoms with van der Waals surface area (Å²) in [5.41, 5.74) is -0.705. The summed E-state index contributed by atoms with van der Waals surface area (Å²) in [5, 5.41) is 10.2. The molecule has 4 atom stereocenters. The lowest BCUT2D eigenvalue weighted by molar-refractivity contribution is -0.141. The third kappa shape index (κ3) is 2.42. The first-order valence-electron chi connectivity index (χ1n) is 6.78. The van der Waals surface area contributed by atoms with Gasteiger partial charge in [0.15, 0.2) is 0 Å². The zero-order valence-electron chi connectivity index (χ0n) is 10.7.